The summed E-state index contributed by atoms with van der Waals surface area (Å²) in [5.74, 6) is 4.94. The van der Waals surface area contributed by atoms with Gasteiger partial charge in [0.1, 0.15) is 12.3 Å². The molecular weight excluding hydrogens is 274 g/mol. The molecule has 0 aliphatic heterocycles. The first-order chi connectivity index (χ1) is 10.1. The van der Waals surface area contributed by atoms with Gasteiger partial charge in [-0.25, -0.2) is 10.5 Å². The maximum absolute atomic E-state index is 12.0. The van der Waals surface area contributed by atoms with Crippen LogP contribution >= 0.6 is 0 Å². The predicted octanol–water partition coefficient (Wildman–Crippen LogP) is -0.0558. The summed E-state index contributed by atoms with van der Waals surface area (Å²) in [6.07, 6.45) is 2.96. The average Bonchev–Trinajstić information content (AvgIpc) is 2.95. The van der Waals surface area contributed by atoms with E-state index in [1.54, 1.807) is 6.20 Å². The third kappa shape index (κ3) is 3.11. The molecule has 2 aromatic rings. The fourth-order valence-electron chi connectivity index (χ4n) is 1.81. The molecule has 112 valence electrons. The third-order valence-corrected chi connectivity index (χ3v) is 3.18. The molecule has 0 unspecified atom stereocenters. The number of nitrogens with one attached hydrogen (secondary N) is 1. The van der Waals surface area contributed by atoms with Crippen LogP contribution in [0.2, 0.25) is 0 Å². The maximum Gasteiger partial charge on any atom is 0.269 e. The van der Waals surface area contributed by atoms with Crippen molar-refractivity contribution in [3.8, 4) is 0 Å². The fraction of sp³-hybridized carbons (Fsp3) is 0.308. The first-order valence-corrected chi connectivity index (χ1v) is 6.42. The second-order valence-corrected chi connectivity index (χ2v) is 4.45. The van der Waals surface area contributed by atoms with Crippen LogP contribution in [0.4, 0.5) is 5.69 Å². The lowest BCUT2D eigenvalue weighted by Gasteiger charge is -2.16. The van der Waals surface area contributed by atoms with Crippen molar-refractivity contribution < 1.29 is 9.21 Å². The molecule has 2 heterocycles. The molecule has 1 amide bonds. The van der Waals surface area contributed by atoms with E-state index in [0.717, 1.165) is 12.2 Å². The van der Waals surface area contributed by atoms with E-state index in [1.165, 1.54) is 23.1 Å². The van der Waals surface area contributed by atoms with Gasteiger partial charge < -0.3 is 9.32 Å². The normalized spacial score (nSPS) is 10.4. The molecular formula is C13H17N5O3. The summed E-state index contributed by atoms with van der Waals surface area (Å²) < 4.78 is 6.44. The van der Waals surface area contributed by atoms with E-state index >= 15 is 0 Å². The van der Waals surface area contributed by atoms with Crippen molar-refractivity contribution in [3.05, 3.63) is 46.3 Å². The highest BCUT2D eigenvalue weighted by Crippen LogP contribution is 2.12. The van der Waals surface area contributed by atoms with Gasteiger partial charge in [-0.15, -0.1) is 0 Å². The van der Waals surface area contributed by atoms with E-state index in [0.29, 0.717) is 5.76 Å². The van der Waals surface area contributed by atoms with Crippen LogP contribution in [0.3, 0.4) is 0 Å². The molecule has 0 aromatic carbocycles. The quantitative estimate of drug-likeness (QED) is 0.454. The Labute approximate surface area is 121 Å². The molecule has 8 heteroatoms. The second kappa shape index (κ2) is 6.23. The zero-order chi connectivity index (χ0) is 15.4. The number of carbonyl (C=O) groups excluding carboxylic acids is 1. The first-order valence-electron chi connectivity index (χ1n) is 6.42. The minimum Gasteiger partial charge on any atom is -0.467 e. The first kappa shape index (κ1) is 14.8. The largest absolute Gasteiger partial charge is 0.467 e. The van der Waals surface area contributed by atoms with Gasteiger partial charge in [0.05, 0.1) is 23.7 Å². The van der Waals surface area contributed by atoms with Gasteiger partial charge in [0, 0.05) is 19.7 Å². The topological polar surface area (TPSA) is 106 Å². The van der Waals surface area contributed by atoms with Gasteiger partial charge in [-0.3, -0.25) is 15.0 Å². The Balaban J connectivity index is 2.27. The lowest BCUT2D eigenvalue weighted by Crippen LogP contribution is -2.31. The summed E-state index contributed by atoms with van der Waals surface area (Å²) in [4.78, 5) is 25.5. The fourth-order valence-corrected chi connectivity index (χ4v) is 1.81. The number of nitrogen functional groups attached to an aromatic ring is 1. The molecule has 0 fully saturated rings. The Hall–Kier alpha value is -2.61. The molecule has 0 spiro atoms. The van der Waals surface area contributed by atoms with Crippen molar-refractivity contribution in [1.29, 1.82) is 0 Å². The summed E-state index contributed by atoms with van der Waals surface area (Å²) in [6, 6.07) is 2.98. The zero-order valence-corrected chi connectivity index (χ0v) is 11.9. The Morgan fingerprint density at radius 3 is 2.95 bits per heavy atom. The molecule has 0 saturated heterocycles. The zero-order valence-electron chi connectivity index (χ0n) is 11.9. The smallest absolute Gasteiger partial charge is 0.269 e. The number of aromatic nitrogens is 2. The van der Waals surface area contributed by atoms with E-state index in [-0.39, 0.29) is 17.7 Å². The van der Waals surface area contributed by atoms with Gasteiger partial charge in [0.15, 0.2) is 0 Å². The highest BCUT2D eigenvalue weighted by atomic mass is 16.3. The number of furan rings is 1. The van der Waals surface area contributed by atoms with Crippen molar-refractivity contribution in [3.63, 3.8) is 0 Å². The van der Waals surface area contributed by atoms with E-state index in [2.05, 4.69) is 5.10 Å². The van der Waals surface area contributed by atoms with Crippen LogP contribution in [0.25, 0.3) is 0 Å². The highest BCUT2D eigenvalue weighted by Gasteiger charge is 2.15. The number of carbonyl (C=O) groups is 1. The van der Waals surface area contributed by atoms with Gasteiger partial charge in [0.25, 0.3) is 11.5 Å². The molecule has 0 atom stereocenters. The third-order valence-electron chi connectivity index (χ3n) is 3.18. The Morgan fingerprint density at radius 2 is 2.33 bits per heavy atom. The SMILES string of the molecule is CCN(C)c1cnn(Cc2occc2C(=O)NN)c(=O)c1. The molecule has 0 aliphatic rings. The number of hydrazine groups is 1. The lowest BCUT2D eigenvalue weighted by atomic mass is 10.2. The summed E-state index contributed by atoms with van der Waals surface area (Å²) in [7, 11) is 1.87. The van der Waals surface area contributed by atoms with Crippen LogP contribution in [0.1, 0.15) is 23.0 Å². The molecule has 0 radical (unpaired) electrons. The van der Waals surface area contributed by atoms with Crippen LogP contribution in [0, 0.1) is 0 Å². The highest BCUT2D eigenvalue weighted by molar-refractivity contribution is 5.94. The Morgan fingerprint density at radius 1 is 1.57 bits per heavy atom. The molecule has 21 heavy (non-hydrogen) atoms. The van der Waals surface area contributed by atoms with E-state index < -0.39 is 5.91 Å². The van der Waals surface area contributed by atoms with E-state index in [1.807, 2.05) is 24.3 Å². The minimum absolute atomic E-state index is 0.0602. The lowest BCUT2D eigenvalue weighted by molar-refractivity contribution is 0.0951. The maximum atomic E-state index is 12.0. The summed E-state index contributed by atoms with van der Waals surface area (Å²) in [6.45, 7) is 2.81. The number of rotatable bonds is 5. The van der Waals surface area contributed by atoms with Crippen LogP contribution in [-0.4, -0.2) is 29.3 Å². The van der Waals surface area contributed by atoms with Crippen molar-refractivity contribution in [2.45, 2.75) is 13.5 Å². The molecule has 8 nitrogen and oxygen atoms in total. The van der Waals surface area contributed by atoms with Crippen LogP contribution in [0.15, 0.2) is 33.8 Å². The summed E-state index contributed by atoms with van der Waals surface area (Å²) in [5.41, 5.74) is 2.76. The molecule has 0 aliphatic carbocycles. The molecule has 3 N–H and O–H groups in total. The van der Waals surface area contributed by atoms with Gasteiger partial charge in [0.2, 0.25) is 0 Å². The predicted molar refractivity (Wildman–Crippen MR) is 76.9 cm³/mol. The Bertz CT molecular complexity index is 691. The monoisotopic (exact) mass is 291 g/mol. The van der Waals surface area contributed by atoms with E-state index in [9.17, 15) is 9.59 Å². The number of anilines is 1. The van der Waals surface area contributed by atoms with Gasteiger partial charge in [-0.05, 0) is 13.0 Å². The van der Waals surface area contributed by atoms with Gasteiger partial charge >= 0.3 is 0 Å². The number of amides is 1. The van der Waals surface area contributed by atoms with Crippen LogP contribution in [-0.2, 0) is 6.54 Å². The van der Waals surface area contributed by atoms with Crippen molar-refractivity contribution >= 4 is 11.6 Å². The van der Waals surface area contributed by atoms with Crippen molar-refractivity contribution in [2.75, 3.05) is 18.5 Å². The Kier molecular flexibility index (Phi) is 4.39. The number of hydrogen-bond acceptors (Lipinski definition) is 6. The summed E-state index contributed by atoms with van der Waals surface area (Å²) in [5, 5.41) is 4.09. The van der Waals surface area contributed by atoms with Gasteiger partial charge in [-0.2, -0.15) is 5.10 Å². The molecule has 2 aromatic heterocycles. The number of nitrogens with zero attached hydrogens (tertiary/aromatic N) is 3. The summed E-state index contributed by atoms with van der Waals surface area (Å²) >= 11 is 0. The minimum atomic E-state index is -0.478. The molecule has 0 saturated carbocycles. The molecule has 2 rings (SSSR count). The van der Waals surface area contributed by atoms with Crippen molar-refractivity contribution in [2.24, 2.45) is 5.84 Å². The van der Waals surface area contributed by atoms with E-state index in [4.69, 9.17) is 10.3 Å². The molecule has 0 bridgehead atoms. The van der Waals surface area contributed by atoms with Crippen molar-refractivity contribution in [1.82, 2.24) is 15.2 Å². The average molecular weight is 291 g/mol. The van der Waals surface area contributed by atoms with Crippen LogP contribution < -0.4 is 21.7 Å². The standard InChI is InChI=1S/C13H17N5O3/c1-3-17(2)9-6-12(19)18(15-7-9)8-11-10(4-5-21-11)13(20)16-14/h4-7H,3,8,14H2,1-2H3,(H,16,20). The van der Waals surface area contributed by atoms with Crippen LogP contribution in [0.5, 0.6) is 0 Å². The second-order valence-electron chi connectivity index (χ2n) is 4.45. The number of hydrogen-bond donors (Lipinski definition) is 2. The number of nitrogens with two attached hydrogens (primary N) is 1. The van der Waals surface area contributed by atoms with Gasteiger partial charge in [-0.1, -0.05) is 0 Å².